The minimum Gasteiger partial charge on any atom is -0.430 e. The molecule has 0 saturated carbocycles. The van der Waals surface area contributed by atoms with Crippen molar-refractivity contribution in [2.45, 2.75) is 0 Å². The van der Waals surface area contributed by atoms with Gasteiger partial charge < -0.3 is 28.7 Å². The van der Waals surface area contributed by atoms with Crippen LogP contribution in [-0.2, 0) is 28.2 Å². The molecular weight excluding hydrogens is 514 g/mol. The van der Waals surface area contributed by atoms with Gasteiger partial charge in [0, 0.05) is 66.0 Å². The zero-order valence-corrected chi connectivity index (χ0v) is 22.9. The number of nitro benzene ring substituents is 1. The third-order valence-corrected chi connectivity index (χ3v) is 5.79. The van der Waals surface area contributed by atoms with E-state index in [1.807, 2.05) is 42.1 Å². The Balaban J connectivity index is 0.000000581. The van der Waals surface area contributed by atoms with Gasteiger partial charge >= 0.3 is 37.4 Å². The largest absolute Gasteiger partial charge is 1.00 e. The molecule has 2 amide bonds. The molecule has 1 aliphatic rings. The van der Waals surface area contributed by atoms with Crippen molar-refractivity contribution in [2.24, 2.45) is 14.1 Å². The first kappa shape index (κ1) is 28.5. The summed E-state index contributed by atoms with van der Waals surface area (Å²) in [6.45, 7) is 0. The van der Waals surface area contributed by atoms with Gasteiger partial charge in [0.1, 0.15) is 0 Å². The van der Waals surface area contributed by atoms with Crippen molar-refractivity contribution < 1.29 is 63.3 Å². The molecule has 12 nitrogen and oxygen atoms in total. The fourth-order valence-corrected chi connectivity index (χ4v) is 4.30. The summed E-state index contributed by atoms with van der Waals surface area (Å²) in [6.07, 6.45) is 3.56. The van der Waals surface area contributed by atoms with Gasteiger partial charge in [-0.25, -0.2) is 11.6 Å². The van der Waals surface area contributed by atoms with Crippen molar-refractivity contribution in [3.8, 4) is 0 Å². The van der Waals surface area contributed by atoms with Crippen LogP contribution in [-0.4, -0.2) is 45.5 Å². The molecule has 2 aromatic carbocycles. The second kappa shape index (κ2) is 10.3. The number of aromatic nitrogens is 2. The summed E-state index contributed by atoms with van der Waals surface area (Å²) in [5.74, 6) is -0.978. The Morgan fingerprint density at radius 2 is 1.32 bits per heavy atom. The molecular formula is C23H20N4NaO8P. The number of amides is 2. The summed E-state index contributed by atoms with van der Waals surface area (Å²) in [4.78, 5) is 59.4. The van der Waals surface area contributed by atoms with Crippen molar-refractivity contribution in [3.63, 3.8) is 0 Å². The molecule has 0 fully saturated rings. The van der Waals surface area contributed by atoms with Gasteiger partial charge in [0.2, 0.25) is 11.8 Å². The van der Waals surface area contributed by atoms with Crippen LogP contribution in [0.2, 0.25) is 0 Å². The number of para-hydroxylation sites is 1. The minimum absolute atomic E-state index is 0. The van der Waals surface area contributed by atoms with Crippen molar-refractivity contribution in [1.29, 1.82) is 0 Å². The first-order chi connectivity index (χ1) is 16.8. The minimum atomic E-state index is -4.64. The number of nitrogens with zero attached hydrogens (tertiary/aromatic N) is 4. The number of aryl methyl sites for hydroxylation is 2. The van der Waals surface area contributed by atoms with Crippen molar-refractivity contribution in [3.05, 3.63) is 83.1 Å². The molecule has 2 aromatic heterocycles. The van der Waals surface area contributed by atoms with E-state index in [9.17, 15) is 19.7 Å². The molecule has 3 N–H and O–H groups in total. The van der Waals surface area contributed by atoms with E-state index in [1.54, 1.807) is 23.9 Å². The van der Waals surface area contributed by atoms with Crippen molar-refractivity contribution in [1.82, 2.24) is 14.0 Å². The number of nitro groups is 1. The predicted molar refractivity (Wildman–Crippen MR) is 131 cm³/mol. The number of carbonyl (C=O) groups is 2. The summed E-state index contributed by atoms with van der Waals surface area (Å²) in [6, 6.07) is 12.1. The number of benzene rings is 2. The number of rotatable bonds is 3. The number of carbonyl (C=O) groups excluding carboxylic acids is 2. The molecule has 1 aliphatic heterocycles. The first-order valence-electron chi connectivity index (χ1n) is 10.3. The maximum absolute atomic E-state index is 13.1. The van der Waals surface area contributed by atoms with Crippen LogP contribution in [0.3, 0.4) is 0 Å². The van der Waals surface area contributed by atoms with Crippen LogP contribution in [0.1, 0.15) is 11.1 Å². The normalized spacial score (nSPS) is 13.7. The molecule has 186 valence electrons. The summed E-state index contributed by atoms with van der Waals surface area (Å²) >= 11 is 0. The van der Waals surface area contributed by atoms with Gasteiger partial charge in [-0.15, -0.1) is 0 Å². The van der Waals surface area contributed by atoms with Crippen LogP contribution in [0.5, 0.6) is 0 Å². The van der Waals surface area contributed by atoms with E-state index in [1.165, 1.54) is 12.1 Å². The zero-order valence-electron chi connectivity index (χ0n) is 20.0. The fourth-order valence-electron chi connectivity index (χ4n) is 4.30. The summed E-state index contributed by atoms with van der Waals surface area (Å²) in [5, 5.41) is 12.7. The number of hydrogen-bond donors (Lipinski definition) is 3. The molecule has 0 spiro atoms. The summed E-state index contributed by atoms with van der Waals surface area (Å²) in [5.41, 5.74) is 3.20. The Bertz CT molecular complexity index is 1660. The van der Waals surface area contributed by atoms with E-state index < -0.39 is 24.6 Å². The summed E-state index contributed by atoms with van der Waals surface area (Å²) in [7, 11) is 2.64. The number of non-ortho nitro benzene ring substituents is 1. The first-order valence-corrected chi connectivity index (χ1v) is 11.9. The SMILES string of the molecule is O=P(O)(O)O.[CH2-]N1C(=O)C(c2cn(C)c3ccccc23)=C(c2cn(C)c3cc([N+](=O)[O-])ccc23)C1=O.[Na+]. The van der Waals surface area contributed by atoms with E-state index in [0.29, 0.717) is 22.0 Å². The van der Waals surface area contributed by atoms with Gasteiger partial charge in [-0.3, -0.25) is 19.7 Å². The Labute approximate surface area is 232 Å². The van der Waals surface area contributed by atoms with Gasteiger partial charge in [-0.2, -0.15) is 0 Å². The number of fused-ring (bicyclic) bond motifs is 2. The van der Waals surface area contributed by atoms with E-state index in [0.717, 1.165) is 15.8 Å². The van der Waals surface area contributed by atoms with Gasteiger partial charge in [0.25, 0.3) is 5.69 Å². The predicted octanol–water partition coefficient (Wildman–Crippen LogP) is -0.275. The topological polar surface area (TPSA) is 168 Å². The molecule has 0 aliphatic carbocycles. The molecule has 37 heavy (non-hydrogen) atoms. The number of imide groups is 1. The standard InChI is InChI=1S/C23H17N4O4.Na.H3O4P/c1-24-11-16(14-6-4-5-7-18(14)24)20-21(23(29)26(3)22(20)28)17-12-25(2)19-10-13(27(30)31)8-9-15(17)19;;1-5(2,3)4/h4-12H,3H2,1-2H3;;(H3,1,2,3,4)/q-1;+1;. The quantitative estimate of drug-likeness (QED) is 0.0806. The fraction of sp³-hybridized carbons (Fsp3) is 0.0870. The average Bonchev–Trinajstić information content (AvgIpc) is 3.38. The van der Waals surface area contributed by atoms with Crippen LogP contribution in [0.15, 0.2) is 54.9 Å². The van der Waals surface area contributed by atoms with E-state index in [2.05, 4.69) is 7.05 Å². The molecule has 0 saturated heterocycles. The number of hydrogen-bond acceptors (Lipinski definition) is 5. The van der Waals surface area contributed by atoms with Gasteiger partial charge in [-0.1, -0.05) is 18.2 Å². The number of phosphoric acid groups is 1. The van der Waals surface area contributed by atoms with Gasteiger partial charge in [0.05, 0.1) is 21.6 Å². The maximum atomic E-state index is 13.1. The molecule has 14 heteroatoms. The monoisotopic (exact) mass is 534 g/mol. The Morgan fingerprint density at radius 1 is 0.865 bits per heavy atom. The smallest absolute Gasteiger partial charge is 0.430 e. The molecule has 0 radical (unpaired) electrons. The second-order valence-corrected chi connectivity index (χ2v) is 9.11. The molecule has 0 atom stereocenters. The van der Waals surface area contributed by atoms with Crippen LogP contribution in [0.25, 0.3) is 33.0 Å². The van der Waals surface area contributed by atoms with Crippen LogP contribution >= 0.6 is 7.82 Å². The molecule has 5 rings (SSSR count). The third-order valence-electron chi connectivity index (χ3n) is 5.79. The second-order valence-electron chi connectivity index (χ2n) is 8.08. The Kier molecular flexibility index (Phi) is 7.96. The van der Waals surface area contributed by atoms with Gasteiger partial charge in [-0.05, 0) is 12.1 Å². The molecule has 3 heterocycles. The maximum Gasteiger partial charge on any atom is 1.00 e. The van der Waals surface area contributed by atoms with Crippen molar-refractivity contribution >= 4 is 58.3 Å². The molecule has 4 aromatic rings. The third kappa shape index (κ3) is 5.32. The van der Waals surface area contributed by atoms with E-state index >= 15 is 0 Å². The van der Waals surface area contributed by atoms with Crippen LogP contribution in [0.4, 0.5) is 5.69 Å². The Hall–Kier alpha value is -3.09. The van der Waals surface area contributed by atoms with E-state index in [4.69, 9.17) is 19.2 Å². The van der Waals surface area contributed by atoms with Crippen LogP contribution in [0, 0.1) is 17.2 Å². The zero-order chi connectivity index (χ0) is 26.5. The van der Waals surface area contributed by atoms with Crippen molar-refractivity contribution in [2.75, 3.05) is 0 Å². The Morgan fingerprint density at radius 3 is 1.84 bits per heavy atom. The van der Waals surface area contributed by atoms with E-state index in [-0.39, 0.29) is 46.4 Å². The van der Waals surface area contributed by atoms with Gasteiger partial charge in [0.15, 0.2) is 0 Å². The average molecular weight is 534 g/mol. The summed E-state index contributed by atoms with van der Waals surface area (Å²) < 4.78 is 12.5. The van der Waals surface area contributed by atoms with Crippen LogP contribution < -0.4 is 29.6 Å². The molecule has 0 unspecified atom stereocenters. The molecule has 0 bridgehead atoms.